The van der Waals surface area contributed by atoms with Crippen molar-refractivity contribution in [1.29, 1.82) is 0 Å². The monoisotopic (exact) mass is 313 g/mol. The van der Waals surface area contributed by atoms with Gasteiger partial charge in [0, 0.05) is 5.54 Å². The predicted molar refractivity (Wildman–Crippen MR) is 90.3 cm³/mol. The van der Waals surface area contributed by atoms with Crippen LogP contribution in [-0.4, -0.2) is 18.1 Å². The Morgan fingerprint density at radius 1 is 1.09 bits per heavy atom. The Labute approximate surface area is 138 Å². The second kappa shape index (κ2) is 5.85. The Kier molecular flexibility index (Phi) is 3.82. The maximum Gasteiger partial charge on any atom is 0.223 e. The minimum absolute atomic E-state index is 0.121. The lowest BCUT2D eigenvalue weighted by atomic mass is 9.53. The smallest absolute Gasteiger partial charge is 0.223 e. The second-order valence-electron chi connectivity index (χ2n) is 8.16. The third kappa shape index (κ3) is 3.24. The van der Waals surface area contributed by atoms with Gasteiger partial charge < -0.3 is 10.1 Å². The Hall–Kier alpha value is -1.51. The number of ether oxygens (including phenoxy) is 1. The molecule has 4 aliphatic carbocycles. The summed E-state index contributed by atoms with van der Waals surface area (Å²) in [4.78, 5) is 12.4. The fraction of sp³-hybridized carbons (Fsp3) is 0.650. The summed E-state index contributed by atoms with van der Waals surface area (Å²) in [5.74, 6) is 3.61. The molecule has 4 aliphatic rings. The number of carbonyl (C=O) groups excluding carboxylic acids is 1. The molecule has 1 aromatic carbocycles. The van der Waals surface area contributed by atoms with Gasteiger partial charge in [0.15, 0.2) is 0 Å². The second-order valence-corrected chi connectivity index (χ2v) is 8.16. The molecule has 5 rings (SSSR count). The van der Waals surface area contributed by atoms with Gasteiger partial charge in [0.1, 0.15) is 5.75 Å². The molecule has 3 nitrogen and oxygen atoms in total. The molecule has 0 saturated heterocycles. The van der Waals surface area contributed by atoms with Crippen LogP contribution in [0.5, 0.6) is 5.75 Å². The van der Waals surface area contributed by atoms with E-state index in [0.29, 0.717) is 13.0 Å². The van der Waals surface area contributed by atoms with Gasteiger partial charge in [-0.25, -0.2) is 0 Å². The number of amides is 1. The van der Waals surface area contributed by atoms with Crippen molar-refractivity contribution in [3.05, 3.63) is 29.8 Å². The summed E-state index contributed by atoms with van der Waals surface area (Å²) in [7, 11) is 0. The molecule has 0 radical (unpaired) electrons. The Bertz CT molecular complexity index is 543. The highest BCUT2D eigenvalue weighted by Gasteiger charge is 2.51. The van der Waals surface area contributed by atoms with Gasteiger partial charge in [-0.3, -0.25) is 4.79 Å². The topological polar surface area (TPSA) is 38.3 Å². The summed E-state index contributed by atoms with van der Waals surface area (Å²) >= 11 is 0. The van der Waals surface area contributed by atoms with E-state index in [4.69, 9.17) is 4.74 Å². The average molecular weight is 313 g/mol. The highest BCUT2D eigenvalue weighted by molar-refractivity contribution is 5.77. The van der Waals surface area contributed by atoms with Crippen molar-refractivity contribution in [2.24, 2.45) is 17.8 Å². The molecule has 23 heavy (non-hydrogen) atoms. The lowest BCUT2D eigenvalue weighted by molar-refractivity contribution is -0.127. The molecule has 0 spiro atoms. The zero-order valence-corrected chi connectivity index (χ0v) is 14.0. The molecule has 0 aliphatic heterocycles. The van der Waals surface area contributed by atoms with Gasteiger partial charge in [-0.15, -0.1) is 0 Å². The van der Waals surface area contributed by atoms with Gasteiger partial charge in [0.05, 0.1) is 13.0 Å². The first-order chi connectivity index (χ1) is 11.1. The van der Waals surface area contributed by atoms with E-state index in [2.05, 4.69) is 12.2 Å². The highest BCUT2D eigenvalue weighted by atomic mass is 16.5. The summed E-state index contributed by atoms with van der Waals surface area (Å²) < 4.78 is 5.69. The zero-order valence-electron chi connectivity index (χ0n) is 14.0. The Balaban J connectivity index is 1.28. The average Bonchev–Trinajstić information content (AvgIpc) is 2.47. The van der Waals surface area contributed by atoms with E-state index in [1.807, 2.05) is 24.3 Å². The molecule has 1 amide bonds. The summed E-state index contributed by atoms with van der Waals surface area (Å²) in [6.45, 7) is 2.52. The normalized spacial score (nSPS) is 34.4. The number of rotatable bonds is 5. The first-order valence-corrected chi connectivity index (χ1v) is 9.11. The van der Waals surface area contributed by atoms with E-state index in [0.717, 1.165) is 23.5 Å². The number of nitrogens with one attached hydrogen (secondary N) is 1. The largest absolute Gasteiger partial charge is 0.493 e. The molecule has 4 saturated carbocycles. The van der Waals surface area contributed by atoms with Gasteiger partial charge in [-0.05, 0) is 75.3 Å². The minimum atomic E-state index is 0.121. The fourth-order valence-electron chi connectivity index (χ4n) is 5.52. The molecule has 0 heterocycles. The van der Waals surface area contributed by atoms with Crippen molar-refractivity contribution in [1.82, 2.24) is 5.32 Å². The van der Waals surface area contributed by atoms with Crippen LogP contribution >= 0.6 is 0 Å². The lowest BCUT2D eigenvalue weighted by Gasteiger charge is -2.56. The molecule has 0 unspecified atom stereocenters. The molecular formula is C20H27NO2. The number of carbonyl (C=O) groups is 1. The van der Waals surface area contributed by atoms with Crippen LogP contribution in [0, 0.1) is 24.7 Å². The molecule has 1 N–H and O–H groups in total. The lowest BCUT2D eigenvalue weighted by Crippen LogP contribution is -2.59. The van der Waals surface area contributed by atoms with Crippen molar-refractivity contribution in [2.75, 3.05) is 6.61 Å². The molecular weight excluding hydrogens is 286 g/mol. The van der Waals surface area contributed by atoms with E-state index in [1.54, 1.807) is 0 Å². The van der Waals surface area contributed by atoms with Crippen molar-refractivity contribution in [3.8, 4) is 5.75 Å². The maximum absolute atomic E-state index is 12.4. The Morgan fingerprint density at radius 3 is 2.22 bits per heavy atom. The summed E-state index contributed by atoms with van der Waals surface area (Å²) in [6.07, 6.45) is 8.31. The highest BCUT2D eigenvalue weighted by Crippen LogP contribution is 2.55. The minimum Gasteiger partial charge on any atom is -0.493 e. The maximum atomic E-state index is 12.4. The van der Waals surface area contributed by atoms with Gasteiger partial charge in [0.25, 0.3) is 0 Å². The molecule has 1 aromatic rings. The Morgan fingerprint density at radius 2 is 1.65 bits per heavy atom. The number of hydrogen-bond acceptors (Lipinski definition) is 2. The summed E-state index contributed by atoms with van der Waals surface area (Å²) in [5.41, 5.74) is 1.34. The molecule has 3 heteroatoms. The van der Waals surface area contributed by atoms with Crippen LogP contribution in [0.25, 0.3) is 0 Å². The van der Waals surface area contributed by atoms with Crippen LogP contribution in [0.1, 0.15) is 50.5 Å². The van der Waals surface area contributed by atoms with Crippen LogP contribution in [0.15, 0.2) is 24.3 Å². The van der Waals surface area contributed by atoms with Crippen LogP contribution in [0.3, 0.4) is 0 Å². The molecule has 4 bridgehead atoms. The summed E-state index contributed by atoms with van der Waals surface area (Å²) in [6, 6.07) is 7.99. The van der Waals surface area contributed by atoms with Crippen molar-refractivity contribution in [3.63, 3.8) is 0 Å². The fourth-order valence-corrected chi connectivity index (χ4v) is 5.52. The van der Waals surface area contributed by atoms with Crippen LogP contribution in [0.2, 0.25) is 0 Å². The van der Waals surface area contributed by atoms with Crippen molar-refractivity contribution >= 4 is 5.91 Å². The molecule has 0 atom stereocenters. The SMILES string of the molecule is Cc1ccc(OCCC(=O)NC23CC4CC(CC(C4)C2)C3)cc1. The van der Waals surface area contributed by atoms with Gasteiger partial charge in [-0.2, -0.15) is 0 Å². The van der Waals surface area contributed by atoms with Gasteiger partial charge in [-0.1, -0.05) is 17.7 Å². The third-order valence-electron chi connectivity index (χ3n) is 6.06. The van der Waals surface area contributed by atoms with E-state index in [1.165, 1.54) is 44.1 Å². The number of hydrogen-bond donors (Lipinski definition) is 1. The first kappa shape index (κ1) is 15.0. The van der Waals surface area contributed by atoms with E-state index >= 15 is 0 Å². The van der Waals surface area contributed by atoms with E-state index in [-0.39, 0.29) is 11.4 Å². The van der Waals surface area contributed by atoms with Gasteiger partial charge in [0.2, 0.25) is 5.91 Å². The van der Waals surface area contributed by atoms with E-state index in [9.17, 15) is 4.79 Å². The summed E-state index contributed by atoms with van der Waals surface area (Å²) in [5, 5.41) is 3.40. The van der Waals surface area contributed by atoms with Crippen LogP contribution in [-0.2, 0) is 4.79 Å². The predicted octanol–water partition coefficient (Wildman–Crippen LogP) is 3.85. The molecule has 4 fully saturated rings. The van der Waals surface area contributed by atoms with Crippen LogP contribution in [0.4, 0.5) is 0 Å². The number of benzene rings is 1. The van der Waals surface area contributed by atoms with Crippen molar-refractivity contribution in [2.45, 2.75) is 57.4 Å². The molecule has 0 aromatic heterocycles. The van der Waals surface area contributed by atoms with Gasteiger partial charge >= 0.3 is 0 Å². The zero-order chi connectivity index (χ0) is 15.9. The quantitative estimate of drug-likeness (QED) is 0.896. The molecule has 124 valence electrons. The standard InChI is InChI=1S/C20H27NO2/c1-14-2-4-18(5-3-14)23-7-6-19(22)21-20-11-15-8-16(12-20)10-17(9-15)13-20/h2-5,15-17H,6-13H2,1H3,(H,21,22). The first-order valence-electron chi connectivity index (χ1n) is 9.11. The van der Waals surface area contributed by atoms with Crippen LogP contribution < -0.4 is 10.1 Å². The van der Waals surface area contributed by atoms with E-state index < -0.39 is 0 Å². The number of aryl methyl sites for hydroxylation is 1. The third-order valence-corrected chi connectivity index (χ3v) is 6.06. The van der Waals surface area contributed by atoms with Crippen molar-refractivity contribution < 1.29 is 9.53 Å².